The van der Waals surface area contributed by atoms with E-state index in [1.807, 2.05) is 6.07 Å². The van der Waals surface area contributed by atoms with Gasteiger partial charge in [-0.15, -0.1) is 0 Å². The third-order valence-electron chi connectivity index (χ3n) is 2.58. The van der Waals surface area contributed by atoms with E-state index in [1.165, 1.54) is 5.56 Å². The molecule has 1 aromatic rings. The zero-order valence-corrected chi connectivity index (χ0v) is 14.2. The van der Waals surface area contributed by atoms with Crippen LogP contribution in [0, 0.1) is 0 Å². The van der Waals surface area contributed by atoms with E-state index >= 15 is 0 Å². The molecule has 5 heteroatoms. The average molecular weight is 348 g/mol. The lowest BCUT2D eigenvalue weighted by atomic mass is 10.2. The van der Waals surface area contributed by atoms with E-state index in [2.05, 4.69) is 40.5 Å². The number of benzene rings is 1. The predicted octanol–water partition coefficient (Wildman–Crippen LogP) is 3.70. The second-order valence-corrected chi connectivity index (χ2v) is 5.97. The van der Waals surface area contributed by atoms with Gasteiger partial charge in [0.25, 0.3) is 0 Å². The molecule has 0 fully saturated rings. The summed E-state index contributed by atoms with van der Waals surface area (Å²) in [6.07, 6.45) is 3.20. The lowest BCUT2D eigenvalue weighted by Gasteiger charge is -2.14. The van der Waals surface area contributed by atoms with Gasteiger partial charge < -0.3 is 14.8 Å². The fraction of sp³-hybridized carbons (Fsp3) is 0.571. The Balaban J connectivity index is 2.76. The van der Waals surface area contributed by atoms with Gasteiger partial charge in [0.1, 0.15) is 0 Å². The van der Waals surface area contributed by atoms with Crippen LogP contribution in [0.3, 0.4) is 0 Å². The van der Waals surface area contributed by atoms with Gasteiger partial charge in [-0.05, 0) is 52.8 Å². The molecule has 0 amide bonds. The van der Waals surface area contributed by atoms with Crippen LogP contribution >= 0.6 is 27.7 Å². The van der Waals surface area contributed by atoms with E-state index in [0.29, 0.717) is 6.61 Å². The molecule has 1 N–H and O–H groups in total. The molecule has 0 saturated carbocycles. The molecule has 0 aliphatic rings. The van der Waals surface area contributed by atoms with E-state index in [1.54, 1.807) is 18.9 Å². The number of methoxy groups -OCH3 is 1. The van der Waals surface area contributed by atoms with Crippen LogP contribution in [-0.2, 0) is 6.54 Å². The van der Waals surface area contributed by atoms with Gasteiger partial charge >= 0.3 is 0 Å². The van der Waals surface area contributed by atoms with Crippen LogP contribution in [-0.4, -0.2) is 32.3 Å². The first-order valence-electron chi connectivity index (χ1n) is 6.41. The maximum absolute atomic E-state index is 5.77. The molecule has 3 nitrogen and oxygen atoms in total. The number of nitrogens with one attached hydrogen (secondary N) is 1. The summed E-state index contributed by atoms with van der Waals surface area (Å²) in [5, 5.41) is 3.38. The van der Waals surface area contributed by atoms with Gasteiger partial charge in [-0.1, -0.05) is 6.92 Å². The SMILES string of the molecule is CCCNCc1cc(Br)c(OCCSC)c(OC)c1. The molecular formula is C14H22BrNO2S. The highest BCUT2D eigenvalue weighted by atomic mass is 79.9. The minimum absolute atomic E-state index is 0.684. The maximum atomic E-state index is 5.77. The Morgan fingerprint density at radius 1 is 1.37 bits per heavy atom. The lowest BCUT2D eigenvalue weighted by molar-refractivity contribution is 0.311. The molecule has 0 aliphatic heterocycles. The molecule has 0 aliphatic carbocycles. The first-order chi connectivity index (χ1) is 9.22. The van der Waals surface area contributed by atoms with Crippen LogP contribution < -0.4 is 14.8 Å². The number of rotatable bonds is 9. The van der Waals surface area contributed by atoms with Crippen molar-refractivity contribution in [2.45, 2.75) is 19.9 Å². The van der Waals surface area contributed by atoms with Gasteiger partial charge in [0, 0.05) is 12.3 Å². The predicted molar refractivity (Wildman–Crippen MR) is 86.6 cm³/mol. The van der Waals surface area contributed by atoms with Crippen LogP contribution in [0.2, 0.25) is 0 Å². The smallest absolute Gasteiger partial charge is 0.175 e. The van der Waals surface area contributed by atoms with Crippen molar-refractivity contribution in [2.75, 3.05) is 32.3 Å². The molecule has 0 atom stereocenters. The van der Waals surface area contributed by atoms with Crippen LogP contribution in [0.25, 0.3) is 0 Å². The number of hydrogen-bond donors (Lipinski definition) is 1. The van der Waals surface area contributed by atoms with E-state index < -0.39 is 0 Å². The van der Waals surface area contributed by atoms with E-state index in [0.717, 1.165) is 41.2 Å². The van der Waals surface area contributed by atoms with Crippen molar-refractivity contribution in [2.24, 2.45) is 0 Å². The molecule has 0 unspecified atom stereocenters. The summed E-state index contributed by atoms with van der Waals surface area (Å²) in [7, 11) is 1.67. The van der Waals surface area contributed by atoms with Crippen molar-refractivity contribution in [3.05, 3.63) is 22.2 Å². The Hall–Kier alpha value is -0.390. The van der Waals surface area contributed by atoms with Gasteiger partial charge in [-0.3, -0.25) is 0 Å². The van der Waals surface area contributed by atoms with Crippen molar-refractivity contribution in [3.63, 3.8) is 0 Å². The average Bonchev–Trinajstić information content (AvgIpc) is 2.41. The van der Waals surface area contributed by atoms with Crippen LogP contribution in [0.5, 0.6) is 11.5 Å². The Kier molecular flexibility index (Phi) is 8.34. The first kappa shape index (κ1) is 16.7. The summed E-state index contributed by atoms with van der Waals surface area (Å²) in [6, 6.07) is 4.11. The Morgan fingerprint density at radius 2 is 2.16 bits per heavy atom. The molecule has 1 rings (SSSR count). The monoisotopic (exact) mass is 347 g/mol. The molecule has 0 bridgehead atoms. The second kappa shape index (κ2) is 9.50. The minimum atomic E-state index is 0.684. The summed E-state index contributed by atoms with van der Waals surface area (Å²) in [4.78, 5) is 0. The van der Waals surface area contributed by atoms with E-state index in [9.17, 15) is 0 Å². The van der Waals surface area contributed by atoms with E-state index in [4.69, 9.17) is 9.47 Å². The molecule has 0 saturated heterocycles. The quantitative estimate of drug-likeness (QED) is 0.690. The summed E-state index contributed by atoms with van der Waals surface area (Å²) >= 11 is 5.33. The number of halogens is 1. The highest BCUT2D eigenvalue weighted by molar-refractivity contribution is 9.10. The molecule has 0 heterocycles. The Morgan fingerprint density at radius 3 is 2.79 bits per heavy atom. The summed E-state index contributed by atoms with van der Waals surface area (Å²) in [5.74, 6) is 2.54. The fourth-order valence-electron chi connectivity index (χ4n) is 1.65. The maximum Gasteiger partial charge on any atom is 0.175 e. The molecule has 108 valence electrons. The van der Waals surface area contributed by atoms with Gasteiger partial charge in [-0.2, -0.15) is 11.8 Å². The standard InChI is InChI=1S/C14H22BrNO2S/c1-4-5-16-10-11-8-12(15)14(13(9-11)17-2)18-6-7-19-3/h8-9,16H,4-7,10H2,1-3H3. The molecule has 0 radical (unpaired) electrons. The van der Waals surface area contributed by atoms with Gasteiger partial charge in [0.2, 0.25) is 0 Å². The topological polar surface area (TPSA) is 30.5 Å². The summed E-state index contributed by atoms with van der Waals surface area (Å²) in [5.41, 5.74) is 1.19. The van der Waals surface area contributed by atoms with Crippen LogP contribution in [0.4, 0.5) is 0 Å². The fourth-order valence-corrected chi connectivity index (χ4v) is 2.51. The third-order valence-corrected chi connectivity index (χ3v) is 3.74. The summed E-state index contributed by atoms with van der Waals surface area (Å²) in [6.45, 7) is 4.70. The largest absolute Gasteiger partial charge is 0.493 e. The van der Waals surface area contributed by atoms with Gasteiger partial charge in [-0.25, -0.2) is 0 Å². The normalized spacial score (nSPS) is 10.5. The highest BCUT2D eigenvalue weighted by Gasteiger charge is 2.11. The summed E-state index contributed by atoms with van der Waals surface area (Å²) < 4.78 is 12.1. The van der Waals surface area contributed by atoms with Crippen molar-refractivity contribution in [3.8, 4) is 11.5 Å². The molecular weight excluding hydrogens is 326 g/mol. The van der Waals surface area contributed by atoms with E-state index in [-0.39, 0.29) is 0 Å². The van der Waals surface area contributed by atoms with Crippen molar-refractivity contribution < 1.29 is 9.47 Å². The zero-order valence-electron chi connectivity index (χ0n) is 11.8. The molecule has 19 heavy (non-hydrogen) atoms. The number of hydrogen-bond acceptors (Lipinski definition) is 4. The highest BCUT2D eigenvalue weighted by Crippen LogP contribution is 2.36. The lowest BCUT2D eigenvalue weighted by Crippen LogP contribution is -2.14. The second-order valence-electron chi connectivity index (χ2n) is 4.13. The Bertz CT molecular complexity index is 388. The Labute approximate surface area is 128 Å². The third kappa shape index (κ3) is 5.63. The van der Waals surface area contributed by atoms with Crippen molar-refractivity contribution in [1.29, 1.82) is 0 Å². The van der Waals surface area contributed by atoms with Crippen molar-refractivity contribution >= 4 is 27.7 Å². The first-order valence-corrected chi connectivity index (χ1v) is 8.60. The minimum Gasteiger partial charge on any atom is -0.493 e. The zero-order chi connectivity index (χ0) is 14.1. The van der Waals surface area contributed by atoms with Gasteiger partial charge in [0.05, 0.1) is 18.2 Å². The number of ether oxygens (including phenoxy) is 2. The molecule has 1 aromatic carbocycles. The molecule has 0 spiro atoms. The van der Waals surface area contributed by atoms with Crippen LogP contribution in [0.15, 0.2) is 16.6 Å². The molecule has 0 aromatic heterocycles. The van der Waals surface area contributed by atoms with Gasteiger partial charge in [0.15, 0.2) is 11.5 Å². The number of thioether (sulfide) groups is 1. The van der Waals surface area contributed by atoms with Crippen molar-refractivity contribution in [1.82, 2.24) is 5.32 Å². The van der Waals surface area contributed by atoms with Crippen LogP contribution in [0.1, 0.15) is 18.9 Å².